The summed E-state index contributed by atoms with van der Waals surface area (Å²) in [5, 5.41) is 3.31. The summed E-state index contributed by atoms with van der Waals surface area (Å²) in [5.74, 6) is 0.380. The summed E-state index contributed by atoms with van der Waals surface area (Å²) in [6, 6.07) is 5.47. The van der Waals surface area contributed by atoms with Crippen LogP contribution >= 0.6 is 0 Å². The van der Waals surface area contributed by atoms with E-state index in [9.17, 15) is 8.42 Å². The highest BCUT2D eigenvalue weighted by molar-refractivity contribution is 7.89. The van der Waals surface area contributed by atoms with Crippen molar-refractivity contribution < 1.29 is 13.2 Å². The molecule has 2 rings (SSSR count). The highest BCUT2D eigenvalue weighted by Gasteiger charge is 2.26. The van der Waals surface area contributed by atoms with Gasteiger partial charge in [0.25, 0.3) is 0 Å². The summed E-state index contributed by atoms with van der Waals surface area (Å²) in [6.07, 6.45) is 1.60. The molecule has 6 heteroatoms. The lowest BCUT2D eigenvalue weighted by Crippen LogP contribution is -2.46. The van der Waals surface area contributed by atoms with E-state index in [0.29, 0.717) is 11.8 Å². The van der Waals surface area contributed by atoms with E-state index in [2.05, 4.69) is 17.0 Å². The van der Waals surface area contributed by atoms with Crippen LogP contribution in [0.3, 0.4) is 0 Å². The average Bonchev–Trinajstić information content (AvgIpc) is 2.38. The Morgan fingerprint density at radius 2 is 2.15 bits per heavy atom. The number of hydrogen-bond acceptors (Lipinski definition) is 4. The number of methoxy groups -OCH3 is 1. The molecule has 1 fully saturated rings. The predicted octanol–water partition coefficient (Wildman–Crippen LogP) is 1.42. The zero-order valence-corrected chi connectivity index (χ0v) is 13.0. The van der Waals surface area contributed by atoms with Gasteiger partial charge in [-0.15, -0.1) is 0 Å². The highest BCUT2D eigenvalue weighted by atomic mass is 32.2. The van der Waals surface area contributed by atoms with Crippen molar-refractivity contribution in [2.24, 2.45) is 0 Å². The van der Waals surface area contributed by atoms with Gasteiger partial charge in [-0.3, -0.25) is 0 Å². The van der Waals surface area contributed by atoms with E-state index in [1.807, 2.05) is 13.0 Å². The zero-order chi connectivity index (χ0) is 14.8. The SMILES string of the molecule is COc1ccc(C)cc1S(=O)(=O)NC1CCNC(C)C1. The van der Waals surface area contributed by atoms with Gasteiger partial charge < -0.3 is 10.1 Å². The average molecular weight is 298 g/mol. The van der Waals surface area contributed by atoms with Gasteiger partial charge in [-0.1, -0.05) is 6.07 Å². The van der Waals surface area contributed by atoms with Crippen molar-refractivity contribution in [3.05, 3.63) is 23.8 Å². The molecule has 0 saturated carbocycles. The quantitative estimate of drug-likeness (QED) is 0.882. The van der Waals surface area contributed by atoms with Crippen LogP contribution < -0.4 is 14.8 Å². The molecule has 2 atom stereocenters. The number of rotatable bonds is 4. The monoisotopic (exact) mass is 298 g/mol. The standard InChI is InChI=1S/C14H22N2O3S/c1-10-4-5-13(19-3)14(8-10)20(17,18)16-12-6-7-15-11(2)9-12/h4-5,8,11-12,15-16H,6-7,9H2,1-3H3. The Hall–Kier alpha value is -1.11. The maximum Gasteiger partial charge on any atom is 0.244 e. The normalized spacial score (nSPS) is 23.6. The van der Waals surface area contributed by atoms with Crippen molar-refractivity contribution in [3.63, 3.8) is 0 Å². The number of aryl methyl sites for hydroxylation is 1. The lowest BCUT2D eigenvalue weighted by molar-refractivity contribution is 0.360. The number of nitrogens with one attached hydrogen (secondary N) is 2. The second-order valence-corrected chi connectivity index (χ2v) is 7.03. The predicted molar refractivity (Wildman–Crippen MR) is 78.5 cm³/mol. The fraction of sp³-hybridized carbons (Fsp3) is 0.571. The number of benzene rings is 1. The number of ether oxygens (including phenoxy) is 1. The van der Waals surface area contributed by atoms with Crippen molar-refractivity contribution in [3.8, 4) is 5.75 Å². The third-order valence-electron chi connectivity index (χ3n) is 3.55. The van der Waals surface area contributed by atoms with E-state index < -0.39 is 10.0 Å². The van der Waals surface area contributed by atoms with E-state index in [-0.39, 0.29) is 10.9 Å². The first-order chi connectivity index (χ1) is 9.42. The largest absolute Gasteiger partial charge is 0.495 e. The van der Waals surface area contributed by atoms with E-state index in [1.165, 1.54) is 7.11 Å². The number of sulfonamides is 1. The maximum absolute atomic E-state index is 12.5. The highest BCUT2D eigenvalue weighted by Crippen LogP contribution is 2.25. The molecule has 5 nitrogen and oxygen atoms in total. The molecule has 0 aromatic heterocycles. The van der Waals surface area contributed by atoms with Crippen LogP contribution in [-0.4, -0.2) is 34.2 Å². The molecule has 1 heterocycles. The summed E-state index contributed by atoms with van der Waals surface area (Å²) >= 11 is 0. The van der Waals surface area contributed by atoms with Gasteiger partial charge >= 0.3 is 0 Å². The van der Waals surface area contributed by atoms with Crippen LogP contribution in [0.15, 0.2) is 23.1 Å². The Kier molecular flexibility index (Phi) is 4.67. The second kappa shape index (κ2) is 6.11. The van der Waals surface area contributed by atoms with Crippen molar-refractivity contribution in [2.75, 3.05) is 13.7 Å². The molecule has 0 spiro atoms. The Balaban J connectivity index is 2.24. The van der Waals surface area contributed by atoms with Crippen molar-refractivity contribution in [2.45, 2.75) is 43.7 Å². The van der Waals surface area contributed by atoms with E-state index in [4.69, 9.17) is 4.74 Å². The van der Waals surface area contributed by atoms with Crippen molar-refractivity contribution in [1.82, 2.24) is 10.0 Å². The van der Waals surface area contributed by atoms with Crippen LogP contribution in [0.4, 0.5) is 0 Å². The molecular formula is C14H22N2O3S. The topological polar surface area (TPSA) is 67.4 Å². The van der Waals surface area contributed by atoms with Gasteiger partial charge in [0.15, 0.2) is 0 Å². The lowest BCUT2D eigenvalue weighted by Gasteiger charge is -2.28. The third-order valence-corrected chi connectivity index (χ3v) is 5.10. The van der Waals surface area contributed by atoms with Gasteiger partial charge in [0.05, 0.1) is 7.11 Å². The van der Waals surface area contributed by atoms with Gasteiger partial charge in [0.2, 0.25) is 10.0 Å². The second-order valence-electron chi connectivity index (χ2n) is 5.35. The molecule has 1 saturated heterocycles. The van der Waals surface area contributed by atoms with Crippen LogP contribution in [0.2, 0.25) is 0 Å². The van der Waals surface area contributed by atoms with Gasteiger partial charge in [0.1, 0.15) is 10.6 Å². The van der Waals surface area contributed by atoms with Gasteiger partial charge in [-0.05, 0) is 50.9 Å². The van der Waals surface area contributed by atoms with Crippen molar-refractivity contribution >= 4 is 10.0 Å². The van der Waals surface area contributed by atoms with E-state index in [1.54, 1.807) is 12.1 Å². The minimum Gasteiger partial charge on any atom is -0.495 e. The molecule has 0 aliphatic carbocycles. The van der Waals surface area contributed by atoms with Gasteiger partial charge in [-0.25, -0.2) is 13.1 Å². The van der Waals surface area contributed by atoms with Crippen LogP contribution in [0.5, 0.6) is 5.75 Å². The summed E-state index contributed by atoms with van der Waals surface area (Å²) in [6.45, 7) is 4.76. The third kappa shape index (κ3) is 3.50. The first kappa shape index (κ1) is 15.3. The van der Waals surface area contributed by atoms with Crippen LogP contribution in [0.25, 0.3) is 0 Å². The fourth-order valence-electron chi connectivity index (χ4n) is 2.52. The molecule has 1 aromatic carbocycles. The fourth-order valence-corrected chi connectivity index (χ4v) is 4.05. The number of piperidine rings is 1. The Morgan fingerprint density at radius 3 is 2.80 bits per heavy atom. The molecule has 1 aliphatic heterocycles. The summed E-state index contributed by atoms with van der Waals surface area (Å²) < 4.78 is 33.0. The van der Waals surface area contributed by atoms with Crippen molar-refractivity contribution in [1.29, 1.82) is 0 Å². The van der Waals surface area contributed by atoms with Gasteiger partial charge in [-0.2, -0.15) is 0 Å². The zero-order valence-electron chi connectivity index (χ0n) is 12.1. The first-order valence-electron chi connectivity index (χ1n) is 6.82. The summed E-state index contributed by atoms with van der Waals surface area (Å²) in [7, 11) is -2.07. The molecule has 0 radical (unpaired) electrons. The Morgan fingerprint density at radius 1 is 1.40 bits per heavy atom. The molecule has 0 bridgehead atoms. The minimum absolute atomic E-state index is 0.0264. The summed E-state index contributed by atoms with van der Waals surface area (Å²) in [5.41, 5.74) is 0.893. The van der Waals surface area contributed by atoms with Crippen LogP contribution in [-0.2, 0) is 10.0 Å². The van der Waals surface area contributed by atoms with E-state index in [0.717, 1.165) is 24.9 Å². The Labute approximate surface area is 120 Å². The molecule has 112 valence electrons. The van der Waals surface area contributed by atoms with Crippen LogP contribution in [0, 0.1) is 6.92 Å². The number of hydrogen-bond donors (Lipinski definition) is 2. The van der Waals surface area contributed by atoms with Crippen LogP contribution in [0.1, 0.15) is 25.3 Å². The Bertz CT molecular complexity index is 572. The molecule has 20 heavy (non-hydrogen) atoms. The molecule has 2 unspecified atom stereocenters. The minimum atomic E-state index is -3.55. The molecule has 1 aromatic rings. The smallest absolute Gasteiger partial charge is 0.244 e. The molecular weight excluding hydrogens is 276 g/mol. The van der Waals surface area contributed by atoms with E-state index >= 15 is 0 Å². The lowest BCUT2D eigenvalue weighted by atomic mass is 10.0. The van der Waals surface area contributed by atoms with Gasteiger partial charge in [0, 0.05) is 12.1 Å². The molecule has 2 N–H and O–H groups in total. The first-order valence-corrected chi connectivity index (χ1v) is 8.31. The molecule has 0 amide bonds. The summed E-state index contributed by atoms with van der Waals surface area (Å²) in [4.78, 5) is 0.214. The molecule has 1 aliphatic rings. The maximum atomic E-state index is 12.5.